The van der Waals surface area contributed by atoms with Crippen LogP contribution in [0.15, 0.2) is 30.3 Å². The molecule has 0 radical (unpaired) electrons. The molecule has 0 aliphatic heterocycles. The third-order valence-electron chi connectivity index (χ3n) is 1.28. The van der Waals surface area contributed by atoms with E-state index in [2.05, 4.69) is 0 Å². The van der Waals surface area contributed by atoms with Crippen LogP contribution in [-0.2, 0) is 32.5 Å². The molecule has 0 N–H and O–H groups in total. The van der Waals surface area contributed by atoms with Crippen molar-refractivity contribution < 1.29 is 52.8 Å². The number of carbonyl (C=O) groups excluding carboxylic acids is 1. The number of hydrogen-bond acceptors (Lipinski definition) is 2. The molecular formula is C8H9HgLiO2. The third-order valence-corrected chi connectivity index (χ3v) is 6.55. The summed E-state index contributed by atoms with van der Waals surface area (Å²) < 4.78 is 6.25. The van der Waals surface area contributed by atoms with Gasteiger partial charge in [-0.2, -0.15) is 0 Å². The van der Waals surface area contributed by atoms with E-state index in [0.717, 1.165) is 0 Å². The van der Waals surface area contributed by atoms with Gasteiger partial charge >= 0.3 is 97.6 Å². The largest absolute Gasteiger partial charge is 1.00 e. The van der Waals surface area contributed by atoms with Crippen LogP contribution in [0.25, 0.3) is 0 Å². The molecule has 1 rings (SSSR count). The van der Waals surface area contributed by atoms with E-state index < -0.39 is 25.0 Å². The molecule has 0 saturated carbocycles. The van der Waals surface area contributed by atoms with Gasteiger partial charge in [0.05, 0.1) is 0 Å². The van der Waals surface area contributed by atoms with Gasteiger partial charge in [0.1, 0.15) is 0 Å². The Morgan fingerprint density at radius 3 is 2.50 bits per heavy atom. The Labute approximate surface area is 98.4 Å². The summed E-state index contributed by atoms with van der Waals surface area (Å²) >= 11 is -1.52. The van der Waals surface area contributed by atoms with E-state index in [0.29, 0.717) is 0 Å². The van der Waals surface area contributed by atoms with Crippen LogP contribution >= 0.6 is 0 Å². The first kappa shape index (κ1) is 12.2. The standard InChI is InChI=1S/C6H5.C2H4O2.Hg.Li.H/c1-2-4-6-5-3-1;1-2(3)4;;;/h1-5H;1H3,(H,3,4);;;/q;;2*+1;-1/p-1. The summed E-state index contributed by atoms with van der Waals surface area (Å²) in [6.07, 6.45) is 0. The van der Waals surface area contributed by atoms with E-state index >= 15 is 0 Å². The molecule has 0 bridgehead atoms. The van der Waals surface area contributed by atoms with Gasteiger partial charge in [-0.25, -0.2) is 0 Å². The normalized spacial score (nSPS) is 7.75. The van der Waals surface area contributed by atoms with Crippen molar-refractivity contribution in [3.63, 3.8) is 0 Å². The minimum absolute atomic E-state index is 0. The Hall–Kier alpha value is 0.222. The zero-order valence-electron chi connectivity index (χ0n) is 8.41. The average molecular weight is 345 g/mol. The second kappa shape index (κ2) is 6.71. The van der Waals surface area contributed by atoms with Crippen LogP contribution in [0.5, 0.6) is 0 Å². The van der Waals surface area contributed by atoms with Crippen LogP contribution in [0.3, 0.4) is 0 Å². The van der Waals surface area contributed by atoms with Crippen molar-refractivity contribution in [2.75, 3.05) is 0 Å². The van der Waals surface area contributed by atoms with Gasteiger partial charge in [-0.15, -0.1) is 0 Å². The Balaban J connectivity index is 0. The average Bonchev–Trinajstić information content (AvgIpc) is 2.03. The topological polar surface area (TPSA) is 26.3 Å². The Bertz CT molecular complexity index is 243. The van der Waals surface area contributed by atoms with Gasteiger partial charge in [0.25, 0.3) is 0 Å². The van der Waals surface area contributed by atoms with E-state index in [9.17, 15) is 4.79 Å². The van der Waals surface area contributed by atoms with Gasteiger partial charge in [0.2, 0.25) is 0 Å². The van der Waals surface area contributed by atoms with Crippen molar-refractivity contribution in [2.45, 2.75) is 6.92 Å². The summed E-state index contributed by atoms with van der Waals surface area (Å²) in [5, 5.41) is 0. The first-order valence-corrected chi connectivity index (χ1v) is 8.45. The van der Waals surface area contributed by atoms with E-state index in [1.165, 1.54) is 10.00 Å². The molecule has 0 aliphatic rings. The minimum Gasteiger partial charge on any atom is -1.00 e. The molecular weight excluding hydrogens is 336 g/mol. The van der Waals surface area contributed by atoms with Crippen molar-refractivity contribution in [1.29, 1.82) is 0 Å². The third kappa shape index (κ3) is 4.97. The SMILES string of the molecule is CC(=O)[O][Hg][c]1ccccc1.[H-].[Li+]. The first-order chi connectivity index (χ1) is 5.29. The van der Waals surface area contributed by atoms with Crippen LogP contribution in [0.2, 0.25) is 0 Å². The Morgan fingerprint density at radius 2 is 2.00 bits per heavy atom. The number of hydrogen-bond donors (Lipinski definition) is 0. The quantitative estimate of drug-likeness (QED) is 0.580. The van der Waals surface area contributed by atoms with Gasteiger partial charge in [-0.05, 0) is 0 Å². The van der Waals surface area contributed by atoms with Crippen LogP contribution < -0.4 is 21.9 Å². The fourth-order valence-electron chi connectivity index (χ4n) is 0.759. The number of rotatable bonds is 2. The second-order valence-corrected chi connectivity index (χ2v) is 7.68. The van der Waals surface area contributed by atoms with Gasteiger partial charge in [-0.1, -0.05) is 0 Å². The molecule has 0 aliphatic carbocycles. The van der Waals surface area contributed by atoms with Crippen LogP contribution in [0.4, 0.5) is 0 Å². The summed E-state index contributed by atoms with van der Waals surface area (Å²) in [4.78, 5) is 10.5. The Kier molecular flexibility index (Phi) is 6.83. The molecule has 1 aromatic carbocycles. The molecule has 0 spiro atoms. The number of benzene rings is 1. The second-order valence-electron chi connectivity index (χ2n) is 2.27. The summed E-state index contributed by atoms with van der Waals surface area (Å²) in [5.41, 5.74) is 0. The van der Waals surface area contributed by atoms with E-state index in [-0.39, 0.29) is 26.3 Å². The molecule has 0 aromatic heterocycles. The zero-order valence-corrected chi connectivity index (χ0v) is 12.9. The fourth-order valence-corrected chi connectivity index (χ4v) is 4.00. The molecule has 1 aromatic rings. The summed E-state index contributed by atoms with van der Waals surface area (Å²) in [6, 6.07) is 9.94. The zero-order chi connectivity index (χ0) is 8.10. The molecule has 0 saturated heterocycles. The molecule has 56 valence electrons. The van der Waals surface area contributed by atoms with Crippen molar-refractivity contribution in [1.82, 2.24) is 0 Å². The molecule has 0 unspecified atom stereocenters. The van der Waals surface area contributed by atoms with Gasteiger partial charge in [-0.3, -0.25) is 0 Å². The summed E-state index contributed by atoms with van der Waals surface area (Å²) in [6.45, 7) is 1.46. The van der Waals surface area contributed by atoms with E-state index in [1.807, 2.05) is 30.3 Å². The molecule has 0 amide bonds. The molecule has 0 fully saturated rings. The fraction of sp³-hybridized carbons (Fsp3) is 0.125. The maximum absolute atomic E-state index is 10.5. The van der Waals surface area contributed by atoms with Crippen molar-refractivity contribution in [3.05, 3.63) is 30.3 Å². The summed E-state index contributed by atoms with van der Waals surface area (Å²) in [7, 11) is 0. The van der Waals surface area contributed by atoms with E-state index in [4.69, 9.17) is 2.64 Å². The number of carbonyl (C=O) groups is 1. The van der Waals surface area contributed by atoms with Crippen LogP contribution in [-0.4, -0.2) is 5.97 Å². The molecule has 0 heterocycles. The molecule has 12 heavy (non-hydrogen) atoms. The van der Waals surface area contributed by atoms with Crippen LogP contribution in [0.1, 0.15) is 8.35 Å². The van der Waals surface area contributed by atoms with Gasteiger partial charge in [0, 0.05) is 0 Å². The maximum Gasteiger partial charge on any atom is 1.00 e. The first-order valence-electron chi connectivity index (χ1n) is 3.46. The molecule has 2 nitrogen and oxygen atoms in total. The smallest absolute Gasteiger partial charge is 1.00 e. The molecule has 4 heteroatoms. The Morgan fingerprint density at radius 1 is 1.42 bits per heavy atom. The molecule has 0 atom stereocenters. The van der Waals surface area contributed by atoms with E-state index in [1.54, 1.807) is 0 Å². The van der Waals surface area contributed by atoms with Crippen molar-refractivity contribution in [3.8, 4) is 0 Å². The van der Waals surface area contributed by atoms with Gasteiger partial charge < -0.3 is 1.43 Å². The van der Waals surface area contributed by atoms with Crippen molar-refractivity contribution in [2.24, 2.45) is 0 Å². The minimum atomic E-state index is -1.52. The van der Waals surface area contributed by atoms with Crippen molar-refractivity contribution >= 4 is 9.04 Å². The maximum atomic E-state index is 10.5. The summed E-state index contributed by atoms with van der Waals surface area (Å²) in [5.74, 6) is -0.143. The van der Waals surface area contributed by atoms with Gasteiger partial charge in [0.15, 0.2) is 0 Å². The predicted octanol–water partition coefficient (Wildman–Crippen LogP) is -2.01. The van der Waals surface area contributed by atoms with Crippen LogP contribution in [0, 0.1) is 0 Å². The predicted molar refractivity (Wildman–Crippen MR) is 39.0 cm³/mol. The monoisotopic (exact) mass is 346 g/mol.